The summed E-state index contributed by atoms with van der Waals surface area (Å²) in [5.41, 5.74) is 7.45. The molecule has 5 nitrogen and oxygen atoms in total. The summed E-state index contributed by atoms with van der Waals surface area (Å²) < 4.78 is 5.36. The van der Waals surface area contributed by atoms with Crippen LogP contribution in [0, 0.1) is 0 Å². The van der Waals surface area contributed by atoms with Gasteiger partial charge in [-0.25, -0.2) is 0 Å². The molecular formula is C11H10BrN3O2. The number of nitrogen functional groups attached to an aromatic ring is 1. The van der Waals surface area contributed by atoms with Crippen molar-refractivity contribution in [2.45, 2.75) is 6.54 Å². The molecule has 0 aliphatic carbocycles. The Morgan fingerprint density at radius 3 is 2.94 bits per heavy atom. The summed E-state index contributed by atoms with van der Waals surface area (Å²) in [5, 5.41) is 6.42. The molecule has 88 valence electrons. The third-order valence-electron chi connectivity index (χ3n) is 2.18. The molecule has 3 N–H and O–H groups in total. The first-order valence-corrected chi connectivity index (χ1v) is 5.68. The predicted molar refractivity (Wildman–Crippen MR) is 66.2 cm³/mol. The number of carbonyl (C=O) groups excluding carboxylic acids is 1. The van der Waals surface area contributed by atoms with Gasteiger partial charge in [0.2, 0.25) is 0 Å². The summed E-state index contributed by atoms with van der Waals surface area (Å²) in [6, 6.07) is 6.71. The molecule has 2 rings (SSSR count). The molecule has 0 radical (unpaired) electrons. The number of nitrogens with zero attached hydrogens (tertiary/aromatic N) is 1. The van der Waals surface area contributed by atoms with Crippen LogP contribution < -0.4 is 11.1 Å². The van der Waals surface area contributed by atoms with Crippen molar-refractivity contribution in [3.8, 4) is 0 Å². The number of nitrogens with one attached hydrogen (secondary N) is 1. The number of hydrogen-bond acceptors (Lipinski definition) is 4. The molecular weight excluding hydrogens is 286 g/mol. The number of halogens is 1. The van der Waals surface area contributed by atoms with Crippen LogP contribution in [0.1, 0.15) is 16.1 Å². The first kappa shape index (κ1) is 11.7. The van der Waals surface area contributed by atoms with E-state index in [1.165, 1.54) is 6.26 Å². The maximum Gasteiger partial charge on any atom is 0.251 e. The summed E-state index contributed by atoms with van der Waals surface area (Å²) >= 11 is 3.27. The van der Waals surface area contributed by atoms with Crippen molar-refractivity contribution >= 4 is 27.5 Å². The van der Waals surface area contributed by atoms with Gasteiger partial charge in [0.15, 0.2) is 0 Å². The van der Waals surface area contributed by atoms with Crippen molar-refractivity contribution in [3.05, 3.63) is 46.3 Å². The summed E-state index contributed by atoms with van der Waals surface area (Å²) in [6.45, 7) is 0.331. The van der Waals surface area contributed by atoms with E-state index in [4.69, 9.17) is 5.73 Å². The van der Waals surface area contributed by atoms with Crippen LogP contribution in [0.2, 0.25) is 0 Å². The van der Waals surface area contributed by atoms with Crippen LogP contribution in [0.15, 0.2) is 39.5 Å². The van der Waals surface area contributed by atoms with Gasteiger partial charge < -0.3 is 15.6 Å². The van der Waals surface area contributed by atoms with Gasteiger partial charge >= 0.3 is 0 Å². The largest absolute Gasteiger partial charge is 0.398 e. The van der Waals surface area contributed by atoms with E-state index in [1.54, 1.807) is 24.3 Å². The second kappa shape index (κ2) is 5.01. The monoisotopic (exact) mass is 295 g/mol. The van der Waals surface area contributed by atoms with Crippen molar-refractivity contribution in [2.75, 3.05) is 5.73 Å². The van der Waals surface area contributed by atoms with Crippen LogP contribution in [0.25, 0.3) is 0 Å². The van der Waals surface area contributed by atoms with Crippen LogP contribution in [0.4, 0.5) is 5.69 Å². The number of amides is 1. The number of benzene rings is 1. The van der Waals surface area contributed by atoms with Gasteiger partial charge in [0.25, 0.3) is 5.91 Å². The van der Waals surface area contributed by atoms with Crippen molar-refractivity contribution in [1.82, 2.24) is 10.5 Å². The number of aromatic nitrogens is 1. The van der Waals surface area contributed by atoms with Crippen molar-refractivity contribution < 1.29 is 9.32 Å². The summed E-state index contributed by atoms with van der Waals surface area (Å²) in [4.78, 5) is 11.8. The van der Waals surface area contributed by atoms with Gasteiger partial charge in [-0.1, -0.05) is 5.16 Å². The molecule has 0 fully saturated rings. The van der Waals surface area contributed by atoms with Crippen LogP contribution in [0.3, 0.4) is 0 Å². The SMILES string of the molecule is Nc1ccc(C(=O)NCc2ccon2)cc1Br. The quantitative estimate of drug-likeness (QED) is 0.848. The fourth-order valence-corrected chi connectivity index (χ4v) is 1.65. The van der Waals surface area contributed by atoms with E-state index in [9.17, 15) is 4.79 Å². The first-order chi connectivity index (χ1) is 8.16. The molecule has 0 unspecified atom stereocenters. The minimum absolute atomic E-state index is 0.186. The van der Waals surface area contributed by atoms with Crippen molar-refractivity contribution in [1.29, 1.82) is 0 Å². The molecule has 1 heterocycles. The number of rotatable bonds is 3. The van der Waals surface area contributed by atoms with Gasteiger partial charge in [-0.2, -0.15) is 0 Å². The van der Waals surface area contributed by atoms with E-state index in [0.29, 0.717) is 28.0 Å². The highest BCUT2D eigenvalue weighted by Crippen LogP contribution is 2.20. The molecule has 6 heteroatoms. The van der Waals surface area contributed by atoms with Crippen molar-refractivity contribution in [2.24, 2.45) is 0 Å². The smallest absolute Gasteiger partial charge is 0.251 e. The molecule has 1 aromatic carbocycles. The molecule has 0 spiro atoms. The highest BCUT2D eigenvalue weighted by molar-refractivity contribution is 9.10. The lowest BCUT2D eigenvalue weighted by Crippen LogP contribution is -2.22. The van der Waals surface area contributed by atoms with Crippen LogP contribution in [-0.4, -0.2) is 11.1 Å². The van der Waals surface area contributed by atoms with Gasteiger partial charge in [-0.15, -0.1) is 0 Å². The highest BCUT2D eigenvalue weighted by atomic mass is 79.9. The third-order valence-corrected chi connectivity index (χ3v) is 2.87. The Morgan fingerprint density at radius 1 is 1.47 bits per heavy atom. The minimum Gasteiger partial charge on any atom is -0.398 e. The average Bonchev–Trinajstić information content (AvgIpc) is 2.82. The second-order valence-electron chi connectivity index (χ2n) is 3.41. The van der Waals surface area contributed by atoms with E-state index in [1.807, 2.05) is 0 Å². The van der Waals surface area contributed by atoms with Gasteiger partial charge in [0, 0.05) is 21.8 Å². The first-order valence-electron chi connectivity index (χ1n) is 4.89. The van der Waals surface area contributed by atoms with E-state index in [2.05, 4.69) is 30.9 Å². The highest BCUT2D eigenvalue weighted by Gasteiger charge is 2.07. The van der Waals surface area contributed by atoms with E-state index < -0.39 is 0 Å². The lowest BCUT2D eigenvalue weighted by molar-refractivity contribution is 0.0950. The van der Waals surface area contributed by atoms with E-state index in [-0.39, 0.29) is 5.91 Å². The molecule has 0 aliphatic rings. The van der Waals surface area contributed by atoms with E-state index in [0.717, 1.165) is 0 Å². The molecule has 0 aliphatic heterocycles. The zero-order chi connectivity index (χ0) is 12.3. The molecule has 17 heavy (non-hydrogen) atoms. The van der Waals surface area contributed by atoms with Gasteiger partial charge in [0.05, 0.1) is 6.54 Å². The number of hydrogen-bond donors (Lipinski definition) is 2. The van der Waals surface area contributed by atoms with E-state index >= 15 is 0 Å². The maximum atomic E-state index is 11.8. The molecule has 0 saturated heterocycles. The Morgan fingerprint density at radius 2 is 2.29 bits per heavy atom. The Kier molecular flexibility index (Phi) is 3.43. The Bertz CT molecular complexity index is 526. The fraction of sp³-hybridized carbons (Fsp3) is 0.0909. The molecule has 0 atom stereocenters. The third kappa shape index (κ3) is 2.85. The molecule has 0 bridgehead atoms. The zero-order valence-corrected chi connectivity index (χ0v) is 10.4. The molecule has 0 saturated carbocycles. The zero-order valence-electron chi connectivity index (χ0n) is 8.81. The summed E-state index contributed by atoms with van der Waals surface area (Å²) in [5.74, 6) is -0.186. The number of nitrogens with two attached hydrogens (primary N) is 1. The number of anilines is 1. The summed E-state index contributed by atoms with van der Waals surface area (Å²) in [6.07, 6.45) is 1.46. The predicted octanol–water partition coefficient (Wildman–Crippen LogP) is 1.95. The minimum atomic E-state index is -0.186. The maximum absolute atomic E-state index is 11.8. The van der Waals surface area contributed by atoms with Gasteiger partial charge in [0.1, 0.15) is 12.0 Å². The molecule has 1 amide bonds. The molecule has 1 aromatic heterocycles. The number of carbonyl (C=O) groups is 1. The average molecular weight is 296 g/mol. The normalized spacial score (nSPS) is 10.2. The second-order valence-corrected chi connectivity index (χ2v) is 4.26. The fourth-order valence-electron chi connectivity index (χ4n) is 1.27. The van der Waals surface area contributed by atoms with Gasteiger partial charge in [-0.05, 0) is 34.1 Å². The van der Waals surface area contributed by atoms with Crippen LogP contribution >= 0.6 is 15.9 Å². The topological polar surface area (TPSA) is 81.2 Å². The lowest BCUT2D eigenvalue weighted by atomic mass is 10.2. The Balaban J connectivity index is 2.02. The lowest BCUT2D eigenvalue weighted by Gasteiger charge is -2.04. The van der Waals surface area contributed by atoms with Gasteiger partial charge in [-0.3, -0.25) is 4.79 Å². The van der Waals surface area contributed by atoms with Crippen LogP contribution in [-0.2, 0) is 6.54 Å². The summed E-state index contributed by atoms with van der Waals surface area (Å²) in [7, 11) is 0. The van der Waals surface area contributed by atoms with Crippen molar-refractivity contribution in [3.63, 3.8) is 0 Å². The standard InChI is InChI=1S/C11H10BrN3O2/c12-9-5-7(1-2-10(9)13)11(16)14-6-8-3-4-17-15-8/h1-5H,6,13H2,(H,14,16). The molecule has 2 aromatic rings. The van der Waals surface area contributed by atoms with Crippen LogP contribution in [0.5, 0.6) is 0 Å². The Labute approximate surface area is 106 Å². The Hall–Kier alpha value is -1.82.